The highest BCUT2D eigenvalue weighted by atomic mass is 32.2. The predicted octanol–water partition coefficient (Wildman–Crippen LogP) is 5.06. The van der Waals surface area contributed by atoms with E-state index in [-0.39, 0.29) is 12.3 Å². The van der Waals surface area contributed by atoms with Gasteiger partial charge in [-0.2, -0.15) is 4.31 Å². The van der Waals surface area contributed by atoms with Gasteiger partial charge in [-0.1, -0.05) is 36.4 Å². The van der Waals surface area contributed by atoms with E-state index in [0.717, 1.165) is 71.7 Å². The molecule has 254 valence electrons. The average Bonchev–Trinajstić information content (AvgIpc) is 3.75. The van der Waals surface area contributed by atoms with E-state index >= 15 is 0 Å². The predicted molar refractivity (Wildman–Crippen MR) is 182 cm³/mol. The zero-order valence-electron chi connectivity index (χ0n) is 26.9. The van der Waals surface area contributed by atoms with E-state index in [0.29, 0.717) is 12.1 Å². The summed E-state index contributed by atoms with van der Waals surface area (Å²) < 4.78 is 47.3. The number of carbonyl (C=O) groups excluding carboxylic acids is 1. The van der Waals surface area contributed by atoms with Crippen LogP contribution in [-0.4, -0.2) is 70.1 Å². The first-order valence-electron chi connectivity index (χ1n) is 15.9. The zero-order valence-corrected chi connectivity index (χ0v) is 27.7. The number of fused-ring (bicyclic) bond motifs is 13. The molecule has 9 rings (SSSR count). The van der Waals surface area contributed by atoms with Gasteiger partial charge < -0.3 is 29.0 Å². The number of aromatic carboxylic acids is 1. The molecule has 2 N–H and O–H groups in total. The molecule has 5 heterocycles. The van der Waals surface area contributed by atoms with E-state index in [9.17, 15) is 33.2 Å². The number of likely N-dealkylation sites (N-methyl/N-ethyl adjacent to an activating group) is 1. The van der Waals surface area contributed by atoms with Crippen molar-refractivity contribution in [3.8, 4) is 0 Å². The molecule has 1 amide bonds. The monoisotopic (exact) mass is 695 g/mol. The van der Waals surface area contributed by atoms with Gasteiger partial charge in [0.05, 0.1) is 44.2 Å². The SMILES string of the molecule is COC1C(N(C)S(=O)(=O)c2ccc(C(=O)O)cc2[N+](=O)[O-])C[C@H]2O[C@]1(C)n1c3ccccc3c3c4c(c5c6ccccc6n2c5c31)C(=O)NC4. The van der Waals surface area contributed by atoms with E-state index in [1.54, 1.807) is 0 Å². The fraction of sp³-hybridized carbons (Fsp3) is 0.257. The minimum absolute atomic E-state index is 0.0755. The number of para-hydroxylation sites is 2. The van der Waals surface area contributed by atoms with Crippen molar-refractivity contribution in [3.05, 3.63) is 93.5 Å². The number of carbonyl (C=O) groups is 2. The van der Waals surface area contributed by atoms with E-state index in [2.05, 4.69) is 9.88 Å². The number of methoxy groups -OCH3 is 1. The summed E-state index contributed by atoms with van der Waals surface area (Å²) in [6.07, 6.45) is -1.65. The number of ether oxygens (including phenoxy) is 2. The molecule has 6 aromatic rings. The van der Waals surface area contributed by atoms with Crippen LogP contribution >= 0.6 is 0 Å². The standard InChI is InChI=1S/C35H29N5O9S/c1-35-32(48-3)24(37(2)50(46,47)25-13-12-17(34(42)43)14-23(25)40(44)45)15-26(49-35)38-21-10-6-4-8-18(21)28-29-20(16-36-33(29)41)27-19-9-5-7-11-22(19)39(35)31(27)30(28)38/h4-14,24,26,32H,15-16H2,1-3H3,(H,36,41)(H,42,43)/t24?,26-,32?,35+/m1/s1. The second-order valence-corrected chi connectivity index (χ2v) is 15.0. The molecule has 2 unspecified atom stereocenters. The van der Waals surface area contributed by atoms with Crippen LogP contribution in [0.3, 0.4) is 0 Å². The van der Waals surface area contributed by atoms with Crippen LogP contribution in [0, 0.1) is 10.1 Å². The maximum absolute atomic E-state index is 14.4. The Hall–Kier alpha value is -5.35. The first-order chi connectivity index (χ1) is 23.9. The summed E-state index contributed by atoms with van der Waals surface area (Å²) in [4.78, 5) is 35.8. The van der Waals surface area contributed by atoms with Crippen LogP contribution in [-0.2, 0) is 31.8 Å². The van der Waals surface area contributed by atoms with Gasteiger partial charge in [0.2, 0.25) is 10.0 Å². The number of amides is 1. The van der Waals surface area contributed by atoms with E-state index in [4.69, 9.17) is 9.47 Å². The maximum Gasteiger partial charge on any atom is 0.335 e. The highest BCUT2D eigenvalue weighted by molar-refractivity contribution is 7.89. The third kappa shape index (κ3) is 3.69. The fourth-order valence-corrected chi connectivity index (χ4v) is 10.2. The lowest BCUT2D eigenvalue weighted by Gasteiger charge is -2.50. The number of carboxylic acid groups (broad SMARTS) is 1. The average molecular weight is 696 g/mol. The maximum atomic E-state index is 14.4. The molecule has 4 atom stereocenters. The molecule has 3 aliphatic rings. The molecule has 0 radical (unpaired) electrons. The van der Waals surface area contributed by atoms with Gasteiger partial charge in [0.25, 0.3) is 11.6 Å². The summed E-state index contributed by atoms with van der Waals surface area (Å²) in [5.41, 5.74) is 2.06. The number of rotatable bonds is 6. The lowest BCUT2D eigenvalue weighted by Crippen LogP contribution is -2.61. The summed E-state index contributed by atoms with van der Waals surface area (Å²) in [5, 5.41) is 28.0. The van der Waals surface area contributed by atoms with Gasteiger partial charge >= 0.3 is 5.97 Å². The molecule has 4 aromatic carbocycles. The minimum atomic E-state index is -4.62. The Morgan fingerprint density at radius 3 is 2.44 bits per heavy atom. The van der Waals surface area contributed by atoms with Crippen molar-refractivity contribution < 1.29 is 37.5 Å². The Morgan fingerprint density at radius 2 is 1.76 bits per heavy atom. The highest BCUT2D eigenvalue weighted by Gasteiger charge is 2.56. The first-order valence-corrected chi connectivity index (χ1v) is 17.3. The van der Waals surface area contributed by atoms with Crippen LogP contribution in [0.15, 0.2) is 71.6 Å². The number of aromatic nitrogens is 2. The van der Waals surface area contributed by atoms with Crippen LogP contribution in [0.2, 0.25) is 0 Å². The number of hydrogen-bond donors (Lipinski definition) is 2. The number of nitrogens with one attached hydrogen (secondary N) is 1. The van der Waals surface area contributed by atoms with Gasteiger partial charge in [-0.15, -0.1) is 0 Å². The van der Waals surface area contributed by atoms with Gasteiger partial charge in [0, 0.05) is 54.7 Å². The normalized spacial score (nSPS) is 22.9. The number of nitro groups is 1. The van der Waals surface area contributed by atoms with Crippen LogP contribution in [0.4, 0.5) is 5.69 Å². The number of hydrogen-bond acceptors (Lipinski definition) is 8. The topological polar surface area (TPSA) is 175 Å². The number of nitro benzene ring substituents is 1. The van der Waals surface area contributed by atoms with Crippen molar-refractivity contribution in [2.75, 3.05) is 14.2 Å². The Labute approximate surface area is 283 Å². The van der Waals surface area contributed by atoms with Gasteiger partial charge in [-0.25, -0.2) is 13.2 Å². The summed E-state index contributed by atoms with van der Waals surface area (Å²) in [5.74, 6) is -1.60. The molecular formula is C35H29N5O9S. The van der Waals surface area contributed by atoms with Crippen LogP contribution in [0.1, 0.15) is 45.9 Å². The summed E-state index contributed by atoms with van der Waals surface area (Å²) in [6.45, 7) is 2.19. The lowest BCUT2D eigenvalue weighted by molar-refractivity contribution is -0.387. The fourth-order valence-electron chi connectivity index (χ4n) is 8.71. The Bertz CT molecular complexity index is 2660. The highest BCUT2D eigenvalue weighted by Crippen LogP contribution is 2.54. The molecule has 14 nitrogen and oxygen atoms in total. The molecule has 50 heavy (non-hydrogen) atoms. The Kier molecular flexibility index (Phi) is 6.20. The molecule has 0 aliphatic carbocycles. The van der Waals surface area contributed by atoms with E-state index in [1.807, 2.05) is 60.0 Å². The van der Waals surface area contributed by atoms with Gasteiger partial charge in [0.1, 0.15) is 12.3 Å². The van der Waals surface area contributed by atoms with Crippen molar-refractivity contribution >= 4 is 71.2 Å². The Balaban J connectivity index is 1.35. The van der Waals surface area contributed by atoms with Crippen molar-refractivity contribution in [2.45, 2.75) is 48.9 Å². The molecule has 1 saturated heterocycles. The second kappa shape index (κ2) is 10.1. The molecule has 1 fully saturated rings. The van der Waals surface area contributed by atoms with Crippen LogP contribution in [0.25, 0.3) is 43.6 Å². The molecule has 0 saturated carbocycles. The van der Waals surface area contributed by atoms with Crippen molar-refractivity contribution in [2.24, 2.45) is 0 Å². The third-order valence-electron chi connectivity index (χ3n) is 10.7. The van der Waals surface area contributed by atoms with Gasteiger partial charge in [-0.05, 0) is 36.8 Å². The minimum Gasteiger partial charge on any atom is -0.478 e. The second-order valence-electron chi connectivity index (χ2n) is 13.1. The van der Waals surface area contributed by atoms with Gasteiger partial charge in [-0.3, -0.25) is 14.9 Å². The zero-order chi connectivity index (χ0) is 35.0. The van der Waals surface area contributed by atoms with E-state index < -0.39 is 61.2 Å². The summed E-state index contributed by atoms with van der Waals surface area (Å²) in [7, 11) is -1.80. The molecule has 2 bridgehead atoms. The number of benzene rings is 4. The van der Waals surface area contributed by atoms with Gasteiger partial charge in [0.15, 0.2) is 10.6 Å². The number of carboxylic acids is 1. The molecule has 2 aromatic heterocycles. The number of nitrogens with zero attached hydrogens (tertiary/aromatic N) is 4. The lowest BCUT2D eigenvalue weighted by atomic mass is 9.93. The quantitative estimate of drug-likeness (QED) is 0.178. The molecular weight excluding hydrogens is 666 g/mol. The third-order valence-corrected chi connectivity index (χ3v) is 12.7. The summed E-state index contributed by atoms with van der Waals surface area (Å²) in [6, 6.07) is 17.3. The van der Waals surface area contributed by atoms with Crippen molar-refractivity contribution in [1.29, 1.82) is 0 Å². The first kappa shape index (κ1) is 30.7. The molecule has 3 aliphatic heterocycles. The van der Waals surface area contributed by atoms with Crippen molar-refractivity contribution in [3.63, 3.8) is 0 Å². The molecule has 15 heteroatoms. The number of sulfonamides is 1. The Morgan fingerprint density at radius 1 is 1.08 bits per heavy atom. The largest absolute Gasteiger partial charge is 0.478 e. The van der Waals surface area contributed by atoms with Crippen LogP contribution < -0.4 is 5.32 Å². The van der Waals surface area contributed by atoms with Crippen molar-refractivity contribution in [1.82, 2.24) is 18.8 Å². The smallest absolute Gasteiger partial charge is 0.335 e. The summed E-state index contributed by atoms with van der Waals surface area (Å²) >= 11 is 0. The van der Waals surface area contributed by atoms with Crippen LogP contribution in [0.5, 0.6) is 0 Å². The molecule has 0 spiro atoms. The van der Waals surface area contributed by atoms with E-state index in [1.165, 1.54) is 14.2 Å².